The monoisotopic (exact) mass is 350 g/mol. The number of rotatable bonds is 6. The van der Waals surface area contributed by atoms with Gasteiger partial charge in [0.15, 0.2) is 0 Å². The first-order chi connectivity index (χ1) is 10.7. The molecule has 0 heterocycles. The van der Waals surface area contributed by atoms with Gasteiger partial charge in [0.05, 0.1) is 13.2 Å². The minimum Gasteiger partial charge on any atom is -0.380 e. The molecule has 0 N–H and O–H groups in total. The molecule has 0 aliphatic carbocycles. The Morgan fingerprint density at radius 2 is 0.957 bits per heavy atom. The van der Waals surface area contributed by atoms with E-state index in [-0.39, 0.29) is 10.8 Å². The summed E-state index contributed by atoms with van der Waals surface area (Å²) in [5.41, 5.74) is 2.35. The molecule has 2 rings (SSSR count). The minimum absolute atomic E-state index is 0.0549. The largest absolute Gasteiger partial charge is 0.380 e. The Labute approximate surface area is 149 Å². The van der Waals surface area contributed by atoms with Gasteiger partial charge >= 0.3 is 0 Å². The molecule has 0 bridgehead atoms. The molecule has 1 nitrogen and oxygen atoms in total. The van der Waals surface area contributed by atoms with Crippen LogP contribution in [-0.2, 0) is 15.6 Å². The fourth-order valence-electron chi connectivity index (χ4n) is 2.53. The van der Waals surface area contributed by atoms with E-state index in [1.54, 1.807) is 0 Å². The lowest BCUT2D eigenvalue weighted by molar-refractivity contribution is 0.0634. The van der Waals surface area contributed by atoms with Crippen LogP contribution in [0.25, 0.3) is 0 Å². The summed E-state index contributed by atoms with van der Waals surface area (Å²) in [6.07, 6.45) is 0. The molecule has 0 atom stereocenters. The van der Waals surface area contributed by atoms with Gasteiger partial charge in [-0.15, -0.1) is 0 Å². The molecule has 0 aliphatic heterocycles. The van der Waals surface area contributed by atoms with Crippen LogP contribution in [0, 0.1) is 0 Å². The zero-order chi connectivity index (χ0) is 17.1. The maximum absolute atomic E-state index is 6.07. The van der Waals surface area contributed by atoms with Crippen LogP contribution in [0.15, 0.2) is 48.5 Å². The Morgan fingerprint density at radius 1 is 0.652 bits per heavy atom. The van der Waals surface area contributed by atoms with Gasteiger partial charge < -0.3 is 4.74 Å². The molecular formula is C20H24Cl2O. The van der Waals surface area contributed by atoms with Gasteiger partial charge in [-0.1, -0.05) is 75.2 Å². The van der Waals surface area contributed by atoms with Crippen LogP contribution in [0.5, 0.6) is 0 Å². The van der Waals surface area contributed by atoms with Gasteiger partial charge in [-0.25, -0.2) is 0 Å². The molecule has 23 heavy (non-hydrogen) atoms. The number of hydrogen-bond acceptors (Lipinski definition) is 1. The van der Waals surface area contributed by atoms with Crippen molar-refractivity contribution in [2.45, 2.75) is 38.5 Å². The average Bonchev–Trinajstić information content (AvgIpc) is 2.47. The molecule has 0 saturated carbocycles. The van der Waals surface area contributed by atoms with E-state index < -0.39 is 0 Å². The Morgan fingerprint density at radius 3 is 1.26 bits per heavy atom. The Bertz CT molecular complexity index is 570. The normalized spacial score (nSPS) is 12.4. The smallest absolute Gasteiger partial charge is 0.0558 e. The van der Waals surface area contributed by atoms with Gasteiger partial charge in [0.2, 0.25) is 0 Å². The van der Waals surface area contributed by atoms with Crippen molar-refractivity contribution in [3.8, 4) is 0 Å². The highest BCUT2D eigenvalue weighted by molar-refractivity contribution is 6.30. The Kier molecular flexibility index (Phi) is 5.78. The van der Waals surface area contributed by atoms with E-state index in [1.807, 2.05) is 24.3 Å². The van der Waals surface area contributed by atoms with Crippen LogP contribution in [0.2, 0.25) is 10.0 Å². The summed E-state index contributed by atoms with van der Waals surface area (Å²) in [5, 5.41) is 1.52. The van der Waals surface area contributed by atoms with Crippen LogP contribution in [0.1, 0.15) is 38.8 Å². The fraction of sp³-hybridized carbons (Fsp3) is 0.400. The molecular weight excluding hydrogens is 327 g/mol. The van der Waals surface area contributed by atoms with Crippen LogP contribution in [0.4, 0.5) is 0 Å². The molecule has 3 heteroatoms. The predicted molar refractivity (Wildman–Crippen MR) is 99.8 cm³/mol. The first kappa shape index (κ1) is 18.3. The molecule has 0 aliphatic rings. The Hall–Kier alpha value is -1.02. The molecule has 0 aromatic heterocycles. The maximum Gasteiger partial charge on any atom is 0.0558 e. The van der Waals surface area contributed by atoms with Crippen LogP contribution < -0.4 is 0 Å². The lowest BCUT2D eigenvalue weighted by atomic mass is 9.84. The van der Waals surface area contributed by atoms with Gasteiger partial charge in [0, 0.05) is 20.9 Å². The van der Waals surface area contributed by atoms with Crippen LogP contribution in [-0.4, -0.2) is 13.2 Å². The van der Waals surface area contributed by atoms with Crippen molar-refractivity contribution in [3.05, 3.63) is 69.7 Å². The summed E-state index contributed by atoms with van der Waals surface area (Å²) in [6, 6.07) is 16.0. The molecule has 0 radical (unpaired) electrons. The van der Waals surface area contributed by atoms with Crippen molar-refractivity contribution in [1.82, 2.24) is 0 Å². The fourth-order valence-corrected chi connectivity index (χ4v) is 2.78. The predicted octanol–water partition coefficient (Wildman–Crippen LogP) is 6.27. The molecule has 2 aromatic carbocycles. The molecule has 124 valence electrons. The van der Waals surface area contributed by atoms with E-state index in [4.69, 9.17) is 27.9 Å². The van der Waals surface area contributed by atoms with Crippen molar-refractivity contribution in [1.29, 1.82) is 0 Å². The van der Waals surface area contributed by atoms with Crippen LogP contribution in [0.3, 0.4) is 0 Å². The van der Waals surface area contributed by atoms with E-state index in [0.29, 0.717) is 13.2 Å². The zero-order valence-electron chi connectivity index (χ0n) is 14.2. The van der Waals surface area contributed by atoms with Crippen molar-refractivity contribution < 1.29 is 4.74 Å². The summed E-state index contributed by atoms with van der Waals surface area (Å²) in [6.45, 7) is 10.1. The van der Waals surface area contributed by atoms with E-state index >= 15 is 0 Å². The second-order valence-electron chi connectivity index (χ2n) is 7.27. The second kappa shape index (κ2) is 7.25. The second-order valence-corrected chi connectivity index (χ2v) is 8.15. The first-order valence-electron chi connectivity index (χ1n) is 7.81. The third-order valence-corrected chi connectivity index (χ3v) is 4.68. The summed E-state index contributed by atoms with van der Waals surface area (Å²) >= 11 is 11.9. The van der Waals surface area contributed by atoms with E-state index in [1.165, 1.54) is 11.1 Å². The van der Waals surface area contributed by atoms with E-state index in [0.717, 1.165) is 10.0 Å². The molecule has 0 spiro atoms. The standard InChI is InChI=1S/C20H24Cl2O/c1-19(2,15-5-9-17(21)10-6-15)13-23-14-20(3,4)16-7-11-18(22)12-8-16/h5-12H,13-14H2,1-4H3. The topological polar surface area (TPSA) is 9.23 Å². The zero-order valence-corrected chi connectivity index (χ0v) is 15.7. The van der Waals surface area contributed by atoms with E-state index in [9.17, 15) is 0 Å². The maximum atomic E-state index is 6.07. The lowest BCUT2D eigenvalue weighted by Gasteiger charge is -2.30. The van der Waals surface area contributed by atoms with Crippen molar-refractivity contribution in [2.24, 2.45) is 0 Å². The number of halogens is 2. The third-order valence-electron chi connectivity index (χ3n) is 4.18. The first-order valence-corrected chi connectivity index (χ1v) is 8.56. The van der Waals surface area contributed by atoms with E-state index in [2.05, 4.69) is 52.0 Å². The summed E-state index contributed by atoms with van der Waals surface area (Å²) in [4.78, 5) is 0. The number of hydrogen-bond donors (Lipinski definition) is 0. The molecule has 0 saturated heterocycles. The average molecular weight is 351 g/mol. The number of benzene rings is 2. The summed E-state index contributed by atoms with van der Waals surface area (Å²) < 4.78 is 6.07. The van der Waals surface area contributed by atoms with Crippen molar-refractivity contribution >= 4 is 23.2 Å². The molecule has 0 fully saturated rings. The molecule has 0 amide bonds. The highest BCUT2D eigenvalue weighted by atomic mass is 35.5. The van der Waals surface area contributed by atoms with Gasteiger partial charge in [0.1, 0.15) is 0 Å². The lowest BCUT2D eigenvalue weighted by Crippen LogP contribution is -2.30. The third kappa shape index (κ3) is 4.97. The quantitative estimate of drug-likeness (QED) is 0.596. The van der Waals surface area contributed by atoms with Crippen molar-refractivity contribution in [2.75, 3.05) is 13.2 Å². The van der Waals surface area contributed by atoms with Crippen LogP contribution >= 0.6 is 23.2 Å². The highest BCUT2D eigenvalue weighted by Gasteiger charge is 2.25. The van der Waals surface area contributed by atoms with Crippen molar-refractivity contribution in [3.63, 3.8) is 0 Å². The molecule has 2 aromatic rings. The van der Waals surface area contributed by atoms with Gasteiger partial charge in [-0.2, -0.15) is 0 Å². The van der Waals surface area contributed by atoms with Gasteiger partial charge in [-0.3, -0.25) is 0 Å². The minimum atomic E-state index is -0.0549. The SMILES string of the molecule is CC(C)(COCC(C)(C)c1ccc(Cl)cc1)c1ccc(Cl)cc1. The Balaban J connectivity index is 1.97. The summed E-state index contributed by atoms with van der Waals surface area (Å²) in [7, 11) is 0. The molecule has 0 unspecified atom stereocenters. The summed E-state index contributed by atoms with van der Waals surface area (Å²) in [5.74, 6) is 0. The van der Waals surface area contributed by atoms with Gasteiger partial charge in [-0.05, 0) is 35.4 Å². The highest BCUT2D eigenvalue weighted by Crippen LogP contribution is 2.28. The van der Waals surface area contributed by atoms with Gasteiger partial charge in [0.25, 0.3) is 0 Å². The number of ether oxygens (including phenoxy) is 1.